The molecule has 0 spiro atoms. The zero-order chi connectivity index (χ0) is 55.9. The van der Waals surface area contributed by atoms with E-state index in [9.17, 15) is 57.5 Å². The Morgan fingerprint density at radius 3 is 0.397 bits per heavy atom. The van der Waals surface area contributed by atoms with E-state index >= 15 is 0 Å². The van der Waals surface area contributed by atoms with Crippen LogP contribution in [0.5, 0.6) is 0 Å². The van der Waals surface area contributed by atoms with Crippen LogP contribution in [0.2, 0.25) is 0 Å². The number of hydrogen-bond acceptors (Lipinski definition) is 24. The molecule has 68 heavy (non-hydrogen) atoms. The summed E-state index contributed by atoms with van der Waals surface area (Å²) in [6.07, 6.45) is 1.91. The van der Waals surface area contributed by atoms with E-state index in [0.29, 0.717) is 38.5 Å². The zero-order valence-electron chi connectivity index (χ0n) is 44.3. The lowest BCUT2D eigenvalue weighted by Crippen LogP contribution is -2.11. The maximum absolute atomic E-state index is 10.5. The second-order valence-electron chi connectivity index (χ2n) is 10.3. The number of esters is 12. The van der Waals surface area contributed by atoms with E-state index in [1.165, 1.54) is 64.0 Å². The third kappa shape index (κ3) is 103. The van der Waals surface area contributed by atoms with Gasteiger partial charge in [0.15, 0.2) is 0 Å². The Balaban J connectivity index is -0.0000000699. The van der Waals surface area contributed by atoms with Crippen LogP contribution in [0, 0.1) is 0 Å². The number of hydrogen-bond donors (Lipinski definition) is 0. The molecule has 0 saturated carbocycles. The van der Waals surface area contributed by atoms with Gasteiger partial charge in [-0.15, -0.1) is 0 Å². The van der Waals surface area contributed by atoms with Crippen molar-refractivity contribution in [3.63, 3.8) is 0 Å². The first kappa shape index (κ1) is 85.0. The van der Waals surface area contributed by atoms with Gasteiger partial charge in [-0.3, -0.25) is 57.5 Å². The highest BCUT2D eigenvalue weighted by atomic mass is 16.6. The molecule has 0 heterocycles. The quantitative estimate of drug-likeness (QED) is 0.121. The number of carbonyl (C=O) groups is 12. The molecule has 0 aromatic heterocycles. The molecule has 0 aromatic rings. The molecule has 0 aromatic carbocycles. The smallest absolute Gasteiger partial charge is 0.317 e. The second kappa shape index (κ2) is 75.0. The Bertz CT molecular complexity index is 1040. The van der Waals surface area contributed by atoms with Crippen molar-refractivity contribution < 1.29 is 114 Å². The van der Waals surface area contributed by atoms with Gasteiger partial charge in [0.2, 0.25) is 0 Å². The SMILES string of the molecule is CC.CCC(=O)OC.CCC(=O)OC.CCC(=O)OC.CCC(=O)OC.CCC(=O)OC.CCC(=O)OC.CCOC(=O)CC(=O)OC.CCOC(=O)CC(=O)OC.CCOC(=O)CC(=O)OC. The summed E-state index contributed by atoms with van der Waals surface area (Å²) >= 11 is 0. The van der Waals surface area contributed by atoms with Crippen molar-refractivity contribution in [1.82, 2.24) is 0 Å². The third-order valence-corrected chi connectivity index (χ3v) is 5.56. The summed E-state index contributed by atoms with van der Waals surface area (Å²) in [6, 6.07) is 0. The minimum Gasteiger partial charge on any atom is -0.469 e. The highest BCUT2D eigenvalue weighted by Gasteiger charge is 2.10. The van der Waals surface area contributed by atoms with Gasteiger partial charge < -0.3 is 56.8 Å². The van der Waals surface area contributed by atoms with Crippen molar-refractivity contribution in [3.8, 4) is 0 Å². The standard InChI is InChI=1S/3C6H10O4.6C4H8O2.C2H6/c3*1-3-10-6(8)4-5(7)9-2;6*1-3-4(5)6-2;1-2/h3*3-4H2,1-2H3;6*3H2,1-2H3;1-2H3. The van der Waals surface area contributed by atoms with Crippen molar-refractivity contribution >= 4 is 71.6 Å². The lowest BCUT2D eigenvalue weighted by molar-refractivity contribution is -0.154. The van der Waals surface area contributed by atoms with Crippen LogP contribution in [0.1, 0.15) is 134 Å². The second-order valence-corrected chi connectivity index (χ2v) is 10.3. The molecule has 24 heteroatoms. The topological polar surface area (TPSA) is 316 Å². The average Bonchev–Trinajstić information content (AvgIpc) is 3.36. The predicted octanol–water partition coefficient (Wildman–Crippen LogP) is 4.78. The largest absolute Gasteiger partial charge is 0.469 e. The van der Waals surface area contributed by atoms with E-state index in [4.69, 9.17) is 0 Å². The maximum Gasteiger partial charge on any atom is 0.317 e. The van der Waals surface area contributed by atoms with Crippen molar-refractivity contribution in [1.29, 1.82) is 0 Å². The molecule has 0 bridgehead atoms. The van der Waals surface area contributed by atoms with E-state index in [2.05, 4.69) is 56.8 Å². The van der Waals surface area contributed by atoms with Crippen LogP contribution < -0.4 is 0 Å². The molecule has 0 aliphatic rings. The fourth-order valence-corrected chi connectivity index (χ4v) is 2.07. The molecule has 0 rings (SSSR count). The molecule has 404 valence electrons. The Kier molecular flexibility index (Phi) is 93.7. The maximum atomic E-state index is 10.5. The van der Waals surface area contributed by atoms with Crippen LogP contribution in [-0.4, -0.2) is 155 Å². The number of carbonyl (C=O) groups excluding carboxylic acids is 12. The summed E-state index contributed by atoms with van der Waals surface area (Å²) in [6.45, 7) is 20.4. The van der Waals surface area contributed by atoms with Gasteiger partial charge in [0, 0.05) is 38.5 Å². The molecule has 24 nitrogen and oxygen atoms in total. The van der Waals surface area contributed by atoms with Gasteiger partial charge in [0.05, 0.1) is 83.8 Å². The molecule has 0 amide bonds. The lowest BCUT2D eigenvalue weighted by atomic mass is 10.4. The summed E-state index contributed by atoms with van der Waals surface area (Å²) in [4.78, 5) is 122. The summed E-state index contributed by atoms with van der Waals surface area (Å²) in [5.41, 5.74) is 0. The van der Waals surface area contributed by atoms with Crippen molar-refractivity contribution in [2.24, 2.45) is 0 Å². The Morgan fingerprint density at radius 2 is 0.338 bits per heavy atom. The Hall–Kier alpha value is -6.36. The van der Waals surface area contributed by atoms with E-state index in [1.54, 1.807) is 62.3 Å². The van der Waals surface area contributed by atoms with Gasteiger partial charge in [-0.25, -0.2) is 0 Å². The van der Waals surface area contributed by atoms with Crippen LogP contribution in [0.3, 0.4) is 0 Å². The van der Waals surface area contributed by atoms with Crippen molar-refractivity contribution in [2.45, 2.75) is 134 Å². The first-order valence-electron chi connectivity index (χ1n) is 21.0. The fraction of sp³-hybridized carbons (Fsp3) is 0.727. The van der Waals surface area contributed by atoms with Crippen LogP contribution >= 0.6 is 0 Å². The highest BCUT2D eigenvalue weighted by molar-refractivity contribution is 5.92. The monoisotopic (exact) mass is 997 g/mol. The van der Waals surface area contributed by atoms with Gasteiger partial charge >= 0.3 is 71.6 Å². The average molecular weight is 997 g/mol. The minimum absolute atomic E-state index is 0.157. The molecule has 0 N–H and O–H groups in total. The summed E-state index contributed by atoms with van der Waals surface area (Å²) < 4.78 is 51.7. The Morgan fingerprint density at radius 1 is 0.221 bits per heavy atom. The van der Waals surface area contributed by atoms with E-state index in [0.717, 1.165) is 0 Å². The van der Waals surface area contributed by atoms with Gasteiger partial charge in [0.25, 0.3) is 0 Å². The number of methoxy groups -OCH3 is 9. The molecule has 0 aliphatic heterocycles. The molecule has 0 aliphatic carbocycles. The summed E-state index contributed by atoms with van der Waals surface area (Å²) in [5, 5.41) is 0. The third-order valence-electron chi connectivity index (χ3n) is 5.56. The molecular formula is C44H84O24. The van der Waals surface area contributed by atoms with E-state index in [-0.39, 0.29) is 74.9 Å². The molecule has 0 fully saturated rings. The van der Waals surface area contributed by atoms with Crippen LogP contribution in [0.4, 0.5) is 0 Å². The molecular weight excluding hydrogens is 912 g/mol. The summed E-state index contributed by atoms with van der Waals surface area (Å²) in [5.74, 6) is -4.30. The Labute approximate surface area is 403 Å². The normalized spacial score (nSPS) is 7.94. The van der Waals surface area contributed by atoms with Crippen LogP contribution in [-0.2, 0) is 114 Å². The van der Waals surface area contributed by atoms with E-state index < -0.39 is 35.8 Å². The van der Waals surface area contributed by atoms with Crippen molar-refractivity contribution in [3.05, 3.63) is 0 Å². The van der Waals surface area contributed by atoms with Gasteiger partial charge in [-0.1, -0.05) is 55.4 Å². The van der Waals surface area contributed by atoms with Crippen LogP contribution in [0.25, 0.3) is 0 Å². The zero-order valence-corrected chi connectivity index (χ0v) is 44.3. The predicted molar refractivity (Wildman–Crippen MR) is 245 cm³/mol. The van der Waals surface area contributed by atoms with Gasteiger partial charge in [0.1, 0.15) is 19.3 Å². The number of ether oxygens (including phenoxy) is 12. The molecule has 0 saturated heterocycles. The first-order chi connectivity index (χ1) is 32.0. The molecule has 0 radical (unpaired) electrons. The first-order valence-corrected chi connectivity index (χ1v) is 21.0. The van der Waals surface area contributed by atoms with Gasteiger partial charge in [-0.05, 0) is 20.8 Å². The minimum atomic E-state index is -0.571. The number of rotatable bonds is 15. The van der Waals surface area contributed by atoms with Crippen LogP contribution in [0.15, 0.2) is 0 Å². The lowest BCUT2D eigenvalue weighted by Gasteiger charge is -1.98. The highest BCUT2D eigenvalue weighted by Crippen LogP contribution is 1.90. The summed E-state index contributed by atoms with van der Waals surface area (Å²) in [7, 11) is 12.0. The fourth-order valence-electron chi connectivity index (χ4n) is 2.07. The van der Waals surface area contributed by atoms with E-state index in [1.807, 2.05) is 13.8 Å². The van der Waals surface area contributed by atoms with Crippen molar-refractivity contribution in [2.75, 3.05) is 83.8 Å². The van der Waals surface area contributed by atoms with Gasteiger partial charge in [-0.2, -0.15) is 0 Å². The molecule has 0 unspecified atom stereocenters. The molecule has 0 atom stereocenters.